The summed E-state index contributed by atoms with van der Waals surface area (Å²) in [5, 5.41) is 8.88. The Hall–Kier alpha value is -1.71. The summed E-state index contributed by atoms with van der Waals surface area (Å²) in [4.78, 5) is 10.6. The second kappa shape index (κ2) is 8.59. The van der Waals surface area contributed by atoms with Crippen LogP contribution in [0.4, 0.5) is 4.39 Å². The second-order valence-corrected chi connectivity index (χ2v) is 7.80. The molecule has 1 unspecified atom stereocenters. The van der Waals surface area contributed by atoms with Crippen molar-refractivity contribution in [1.82, 2.24) is 4.31 Å². The number of benzene rings is 1. The van der Waals surface area contributed by atoms with Crippen molar-refractivity contribution in [2.75, 3.05) is 32.9 Å². The highest BCUT2D eigenvalue weighted by Crippen LogP contribution is 2.25. The zero-order valence-corrected chi connectivity index (χ0v) is 14.8. The molecule has 0 amide bonds. The van der Waals surface area contributed by atoms with E-state index in [9.17, 15) is 17.6 Å². The number of nitrogens with zero attached hydrogens (tertiary/aromatic N) is 1. The van der Waals surface area contributed by atoms with E-state index < -0.39 is 28.4 Å². The number of halogens is 1. The standard InChI is InChI=1S/C16H22FNO6S/c1-2-6-18(9-16(19)20)25(21,22)13-3-4-15(14(17)8-13)24-11-12-5-7-23-10-12/h3-4,8,12H,2,5-7,9-11H2,1H3,(H,19,20). The molecule has 0 spiro atoms. The Bertz CT molecular complexity index is 703. The lowest BCUT2D eigenvalue weighted by molar-refractivity contribution is -0.137. The third kappa shape index (κ3) is 5.13. The van der Waals surface area contributed by atoms with Crippen LogP contribution >= 0.6 is 0 Å². The monoisotopic (exact) mass is 375 g/mol. The molecule has 1 saturated heterocycles. The minimum Gasteiger partial charge on any atom is -0.490 e. The summed E-state index contributed by atoms with van der Waals surface area (Å²) in [5.74, 6) is -1.91. The molecule has 1 aliphatic rings. The van der Waals surface area contributed by atoms with Gasteiger partial charge in [-0.3, -0.25) is 4.79 Å². The highest BCUT2D eigenvalue weighted by molar-refractivity contribution is 7.89. The zero-order chi connectivity index (χ0) is 18.4. The Morgan fingerprint density at radius 3 is 2.80 bits per heavy atom. The van der Waals surface area contributed by atoms with E-state index in [0.29, 0.717) is 26.2 Å². The van der Waals surface area contributed by atoms with Crippen molar-refractivity contribution in [3.63, 3.8) is 0 Å². The number of carboxylic acids is 1. The molecule has 140 valence electrons. The highest BCUT2D eigenvalue weighted by atomic mass is 32.2. The lowest BCUT2D eigenvalue weighted by Gasteiger charge is -2.20. The first-order chi connectivity index (χ1) is 11.8. The molecule has 0 saturated carbocycles. The highest BCUT2D eigenvalue weighted by Gasteiger charge is 2.27. The molecule has 7 nitrogen and oxygen atoms in total. The van der Waals surface area contributed by atoms with Crippen molar-refractivity contribution >= 4 is 16.0 Å². The smallest absolute Gasteiger partial charge is 0.318 e. The summed E-state index contributed by atoms with van der Waals surface area (Å²) in [6, 6.07) is 3.34. The molecule has 1 aromatic carbocycles. The van der Waals surface area contributed by atoms with E-state index >= 15 is 0 Å². The van der Waals surface area contributed by atoms with Gasteiger partial charge in [-0.15, -0.1) is 0 Å². The van der Waals surface area contributed by atoms with E-state index in [0.717, 1.165) is 16.8 Å². The molecule has 1 aliphatic heterocycles. The fraction of sp³-hybridized carbons (Fsp3) is 0.562. The minimum absolute atomic E-state index is 0.0360. The molecule has 0 aliphatic carbocycles. The van der Waals surface area contributed by atoms with Gasteiger partial charge in [-0.2, -0.15) is 4.31 Å². The first kappa shape index (κ1) is 19.6. The van der Waals surface area contributed by atoms with Crippen molar-refractivity contribution in [1.29, 1.82) is 0 Å². The average Bonchev–Trinajstić information content (AvgIpc) is 3.06. The normalized spacial score (nSPS) is 17.8. The van der Waals surface area contributed by atoms with Gasteiger partial charge in [0, 0.05) is 19.1 Å². The molecule has 2 rings (SSSR count). The van der Waals surface area contributed by atoms with Crippen LogP contribution in [0.1, 0.15) is 19.8 Å². The number of carbonyl (C=O) groups is 1. The van der Waals surface area contributed by atoms with E-state index in [1.807, 2.05) is 0 Å². The summed E-state index contributed by atoms with van der Waals surface area (Å²) in [7, 11) is -4.09. The van der Waals surface area contributed by atoms with Crippen molar-refractivity contribution in [2.45, 2.75) is 24.7 Å². The van der Waals surface area contributed by atoms with Crippen LogP contribution in [0.15, 0.2) is 23.1 Å². The maximum Gasteiger partial charge on any atom is 0.318 e. The summed E-state index contributed by atoms with van der Waals surface area (Å²) in [6.07, 6.45) is 1.29. The van der Waals surface area contributed by atoms with Crippen LogP contribution in [0.5, 0.6) is 5.75 Å². The predicted octanol–water partition coefficient (Wildman–Crippen LogP) is 1.73. The predicted molar refractivity (Wildman–Crippen MR) is 87.5 cm³/mol. The number of hydrogen-bond donors (Lipinski definition) is 1. The quantitative estimate of drug-likeness (QED) is 0.707. The van der Waals surface area contributed by atoms with Crippen LogP contribution in [0.3, 0.4) is 0 Å². The maximum absolute atomic E-state index is 14.2. The topological polar surface area (TPSA) is 93.1 Å². The number of carboxylic acid groups (broad SMARTS) is 1. The fourth-order valence-electron chi connectivity index (χ4n) is 2.52. The lowest BCUT2D eigenvalue weighted by Crippen LogP contribution is -2.36. The third-order valence-electron chi connectivity index (χ3n) is 3.82. The third-order valence-corrected chi connectivity index (χ3v) is 5.67. The van der Waals surface area contributed by atoms with Gasteiger partial charge in [-0.25, -0.2) is 12.8 Å². The van der Waals surface area contributed by atoms with Crippen LogP contribution in [-0.2, 0) is 19.6 Å². The number of aliphatic carboxylic acids is 1. The molecule has 0 bridgehead atoms. The Morgan fingerprint density at radius 1 is 1.48 bits per heavy atom. The number of sulfonamides is 1. The Labute approximate surface area is 146 Å². The van der Waals surface area contributed by atoms with Crippen LogP contribution in [0.2, 0.25) is 0 Å². The molecule has 1 aromatic rings. The second-order valence-electron chi connectivity index (χ2n) is 5.87. The van der Waals surface area contributed by atoms with E-state index in [1.165, 1.54) is 12.1 Å². The molecule has 9 heteroatoms. The van der Waals surface area contributed by atoms with E-state index in [2.05, 4.69) is 0 Å². The fourth-order valence-corrected chi connectivity index (χ4v) is 4.01. The molecular formula is C16H22FNO6S. The van der Waals surface area contributed by atoms with Crippen molar-refractivity contribution < 1.29 is 32.2 Å². The number of rotatable bonds is 9. The lowest BCUT2D eigenvalue weighted by atomic mass is 10.1. The Balaban J connectivity index is 2.14. The summed E-state index contributed by atoms with van der Waals surface area (Å²) in [5.41, 5.74) is 0. The van der Waals surface area contributed by atoms with Gasteiger partial charge in [0.2, 0.25) is 10.0 Å². The minimum atomic E-state index is -4.09. The molecule has 1 atom stereocenters. The number of ether oxygens (including phenoxy) is 2. The number of hydrogen-bond acceptors (Lipinski definition) is 5. The van der Waals surface area contributed by atoms with E-state index in [-0.39, 0.29) is 23.1 Å². The van der Waals surface area contributed by atoms with E-state index in [1.54, 1.807) is 6.92 Å². The van der Waals surface area contributed by atoms with E-state index in [4.69, 9.17) is 14.6 Å². The van der Waals surface area contributed by atoms with Crippen molar-refractivity contribution in [3.05, 3.63) is 24.0 Å². The van der Waals surface area contributed by atoms with Gasteiger partial charge in [0.05, 0.1) is 18.1 Å². The summed E-state index contributed by atoms with van der Waals surface area (Å²) < 4.78 is 50.7. The molecule has 0 radical (unpaired) electrons. The summed E-state index contributed by atoms with van der Waals surface area (Å²) in [6.45, 7) is 2.62. The Morgan fingerprint density at radius 2 is 2.24 bits per heavy atom. The van der Waals surface area contributed by atoms with Gasteiger partial charge >= 0.3 is 5.97 Å². The molecule has 25 heavy (non-hydrogen) atoms. The van der Waals surface area contributed by atoms with Gasteiger partial charge in [0.15, 0.2) is 11.6 Å². The molecule has 0 aromatic heterocycles. The Kier molecular flexibility index (Phi) is 6.74. The van der Waals surface area contributed by atoms with Crippen LogP contribution < -0.4 is 4.74 Å². The summed E-state index contributed by atoms with van der Waals surface area (Å²) >= 11 is 0. The van der Waals surface area contributed by atoms with Crippen molar-refractivity contribution in [3.8, 4) is 5.75 Å². The first-order valence-electron chi connectivity index (χ1n) is 8.06. The van der Waals surface area contributed by atoms with Gasteiger partial charge < -0.3 is 14.6 Å². The maximum atomic E-state index is 14.2. The van der Waals surface area contributed by atoms with Crippen LogP contribution in [-0.4, -0.2) is 56.7 Å². The average molecular weight is 375 g/mol. The molecule has 1 fully saturated rings. The van der Waals surface area contributed by atoms with Crippen molar-refractivity contribution in [2.24, 2.45) is 5.92 Å². The van der Waals surface area contributed by atoms with Gasteiger partial charge in [-0.05, 0) is 31.0 Å². The van der Waals surface area contributed by atoms with Crippen LogP contribution in [0.25, 0.3) is 0 Å². The molecule has 1 N–H and O–H groups in total. The zero-order valence-electron chi connectivity index (χ0n) is 14.0. The van der Waals surface area contributed by atoms with Crippen LogP contribution in [0, 0.1) is 11.7 Å². The molecular weight excluding hydrogens is 353 g/mol. The largest absolute Gasteiger partial charge is 0.490 e. The van der Waals surface area contributed by atoms with Gasteiger partial charge in [0.25, 0.3) is 0 Å². The molecule has 1 heterocycles. The van der Waals surface area contributed by atoms with Gasteiger partial charge in [-0.1, -0.05) is 6.92 Å². The first-order valence-corrected chi connectivity index (χ1v) is 9.50. The van der Waals surface area contributed by atoms with Gasteiger partial charge in [0.1, 0.15) is 6.54 Å². The SMILES string of the molecule is CCCN(CC(=O)O)S(=O)(=O)c1ccc(OCC2CCOC2)c(F)c1.